The molecule has 0 bridgehead atoms. The largest absolute Gasteiger partial charge is 0.486 e. The first-order valence-electron chi connectivity index (χ1n) is 14.0. The molecule has 16 heteroatoms. The van der Waals surface area contributed by atoms with E-state index in [1.807, 2.05) is 0 Å². The molecule has 0 N–H and O–H groups in total. The molecule has 0 saturated carbocycles. The van der Waals surface area contributed by atoms with Gasteiger partial charge >= 0.3 is 18.1 Å². The number of carbonyl (C=O) groups excluding carboxylic acids is 2. The first kappa shape index (κ1) is 35.5. The highest BCUT2D eigenvalue weighted by Crippen LogP contribution is 2.41. The first-order chi connectivity index (χ1) is 22.1. The van der Waals surface area contributed by atoms with Crippen molar-refractivity contribution in [2.45, 2.75) is 50.0 Å². The van der Waals surface area contributed by atoms with Gasteiger partial charge in [-0.15, -0.1) is 0 Å². The molecule has 2 atom stereocenters. The second-order valence-corrected chi connectivity index (χ2v) is 12.6. The van der Waals surface area contributed by atoms with E-state index in [1.54, 1.807) is 6.07 Å². The second kappa shape index (κ2) is 14.6. The molecule has 10 nitrogen and oxygen atoms in total. The van der Waals surface area contributed by atoms with E-state index in [0.717, 1.165) is 11.2 Å². The van der Waals surface area contributed by atoms with Crippen molar-refractivity contribution in [3.8, 4) is 11.6 Å². The summed E-state index contributed by atoms with van der Waals surface area (Å²) in [6.07, 6.45) is -3.62. The van der Waals surface area contributed by atoms with Crippen LogP contribution < -0.4 is 13.8 Å². The monoisotopic (exact) mass is 700 g/mol. The van der Waals surface area contributed by atoms with Gasteiger partial charge in [-0.3, -0.25) is 13.9 Å². The number of ether oxygens (including phenoxy) is 4. The zero-order chi connectivity index (χ0) is 34.5. The average Bonchev–Trinajstić information content (AvgIpc) is 3.01. The van der Waals surface area contributed by atoms with Crippen LogP contribution >= 0.6 is 11.6 Å². The van der Waals surface area contributed by atoms with Gasteiger partial charge in [-0.25, -0.2) is 17.8 Å². The molecule has 1 aliphatic heterocycles. The van der Waals surface area contributed by atoms with Crippen LogP contribution in [0.2, 0.25) is 5.02 Å². The van der Waals surface area contributed by atoms with Gasteiger partial charge in [0, 0.05) is 25.1 Å². The fourth-order valence-electron chi connectivity index (χ4n) is 4.55. The number of rotatable bonds is 11. The fraction of sp³-hybridized carbons (Fsp3) is 0.323. The summed E-state index contributed by atoms with van der Waals surface area (Å²) in [6.45, 7) is 1.74. The topological polar surface area (TPSA) is 121 Å². The van der Waals surface area contributed by atoms with Crippen LogP contribution in [-0.2, 0) is 35.3 Å². The molecular weight excluding hydrogens is 672 g/mol. The lowest BCUT2D eigenvalue weighted by Gasteiger charge is -2.36. The Kier molecular flexibility index (Phi) is 11.0. The van der Waals surface area contributed by atoms with Gasteiger partial charge in [0.15, 0.2) is 4.90 Å². The van der Waals surface area contributed by atoms with E-state index in [9.17, 15) is 35.6 Å². The number of fused-ring (bicyclic) bond motifs is 1. The number of alkyl halides is 3. The fourth-order valence-corrected chi connectivity index (χ4v) is 6.39. The van der Waals surface area contributed by atoms with Gasteiger partial charge in [0.25, 0.3) is 10.0 Å². The van der Waals surface area contributed by atoms with Crippen LogP contribution in [0.1, 0.15) is 43.4 Å². The van der Waals surface area contributed by atoms with Crippen molar-refractivity contribution in [3.63, 3.8) is 0 Å². The second-order valence-electron chi connectivity index (χ2n) is 10.3. The Morgan fingerprint density at radius 2 is 1.94 bits per heavy atom. The van der Waals surface area contributed by atoms with Gasteiger partial charge in [-0.05, 0) is 55.3 Å². The molecule has 0 amide bonds. The summed E-state index contributed by atoms with van der Waals surface area (Å²) in [7, 11) is -3.71. The average molecular weight is 701 g/mol. The highest BCUT2D eigenvalue weighted by molar-refractivity contribution is 7.93. The first-order valence-corrected chi connectivity index (χ1v) is 15.8. The maximum atomic E-state index is 14.4. The highest BCUT2D eigenvalue weighted by Gasteiger charge is 2.40. The maximum Gasteiger partial charge on any atom is 0.417 e. The molecule has 252 valence electrons. The molecule has 0 fully saturated rings. The predicted molar refractivity (Wildman–Crippen MR) is 163 cm³/mol. The van der Waals surface area contributed by atoms with Crippen LogP contribution in [0.25, 0.3) is 12.2 Å². The van der Waals surface area contributed by atoms with Crippen LogP contribution in [0, 0.1) is 5.82 Å². The minimum Gasteiger partial charge on any atom is -0.486 e. The summed E-state index contributed by atoms with van der Waals surface area (Å²) in [6, 6.07) is 8.91. The summed E-state index contributed by atoms with van der Waals surface area (Å²) in [5.74, 6) is -2.46. The van der Waals surface area contributed by atoms with Gasteiger partial charge in [0.2, 0.25) is 5.88 Å². The summed E-state index contributed by atoms with van der Waals surface area (Å²) in [5, 5.41) is 0.132. The van der Waals surface area contributed by atoms with Gasteiger partial charge in [-0.1, -0.05) is 29.8 Å². The number of methoxy groups -OCH3 is 1. The summed E-state index contributed by atoms with van der Waals surface area (Å²) >= 11 is 6.12. The SMILES string of the molecule is COC(=O)CC[C@H]1CN(S(=O)(=O)c2cc(C(F)(F)F)cnc2OC[C@@H](C)OC(C)=O)c2cc(C=Cc3c(F)cccc3Cl)ccc2O1. The Hall–Kier alpha value is -4.37. The van der Waals surface area contributed by atoms with Gasteiger partial charge in [0.05, 0.1) is 29.9 Å². The molecule has 0 spiro atoms. The Bertz CT molecular complexity index is 1770. The number of carbonyl (C=O) groups is 2. The smallest absolute Gasteiger partial charge is 0.417 e. The number of halogens is 5. The van der Waals surface area contributed by atoms with Crippen molar-refractivity contribution >= 4 is 51.4 Å². The Balaban J connectivity index is 1.81. The lowest BCUT2D eigenvalue weighted by Crippen LogP contribution is -2.44. The van der Waals surface area contributed by atoms with Gasteiger partial charge < -0.3 is 18.9 Å². The van der Waals surface area contributed by atoms with E-state index in [4.69, 9.17) is 25.8 Å². The molecule has 2 heterocycles. The van der Waals surface area contributed by atoms with E-state index in [2.05, 4.69) is 9.72 Å². The number of anilines is 1. The molecule has 0 aliphatic carbocycles. The number of pyridine rings is 1. The number of hydrogen-bond acceptors (Lipinski definition) is 9. The van der Waals surface area contributed by atoms with E-state index < -0.39 is 75.7 Å². The van der Waals surface area contributed by atoms with E-state index >= 15 is 0 Å². The van der Waals surface area contributed by atoms with E-state index in [0.29, 0.717) is 17.8 Å². The number of benzene rings is 2. The number of nitrogens with zero attached hydrogens (tertiary/aromatic N) is 2. The van der Waals surface area contributed by atoms with Crippen molar-refractivity contribution in [2.75, 3.05) is 24.6 Å². The van der Waals surface area contributed by atoms with Crippen molar-refractivity contribution in [2.24, 2.45) is 0 Å². The molecule has 2 aromatic carbocycles. The Labute approximate surface area is 272 Å². The molecule has 0 radical (unpaired) electrons. The number of esters is 2. The molecule has 4 rings (SSSR count). The zero-order valence-electron chi connectivity index (χ0n) is 25.2. The summed E-state index contributed by atoms with van der Waals surface area (Å²) < 4.78 is 106. The normalized spacial score (nSPS) is 15.5. The Morgan fingerprint density at radius 3 is 2.60 bits per heavy atom. The third kappa shape index (κ3) is 8.71. The lowest BCUT2D eigenvalue weighted by molar-refractivity contribution is -0.147. The highest BCUT2D eigenvalue weighted by atomic mass is 35.5. The van der Waals surface area contributed by atoms with Crippen LogP contribution in [0.4, 0.5) is 23.2 Å². The predicted octanol–water partition coefficient (Wildman–Crippen LogP) is 6.30. The summed E-state index contributed by atoms with van der Waals surface area (Å²) in [4.78, 5) is 25.9. The Morgan fingerprint density at radius 1 is 1.19 bits per heavy atom. The van der Waals surface area contributed by atoms with Crippen molar-refractivity contribution in [1.82, 2.24) is 4.98 Å². The van der Waals surface area contributed by atoms with Crippen molar-refractivity contribution < 1.29 is 54.5 Å². The van der Waals surface area contributed by atoms with E-state index in [-0.39, 0.29) is 34.9 Å². The van der Waals surface area contributed by atoms with Gasteiger partial charge in [0.1, 0.15) is 30.4 Å². The van der Waals surface area contributed by atoms with E-state index in [1.165, 1.54) is 56.5 Å². The van der Waals surface area contributed by atoms with Crippen LogP contribution in [0.5, 0.6) is 11.6 Å². The number of hydrogen-bond donors (Lipinski definition) is 0. The third-order valence-corrected chi connectivity index (χ3v) is 8.89. The zero-order valence-corrected chi connectivity index (χ0v) is 26.8. The molecule has 47 heavy (non-hydrogen) atoms. The van der Waals surface area contributed by atoms with Gasteiger partial charge in [-0.2, -0.15) is 13.2 Å². The molecule has 1 aliphatic rings. The molecule has 0 saturated heterocycles. The molecule has 3 aromatic rings. The standard InChI is InChI=1S/C31H29ClF4N2O8S/c1-18(45-19(2)39)17-44-30-28(14-21(15-37-30)31(34,35)36)47(41,42)38-16-22(9-12-29(40)43-3)46-27-11-8-20(13-26(27)38)7-10-23-24(32)5-4-6-25(23)33/h4-8,10-11,13-15,18,22H,9,12,16-17H2,1-3H3/t18-,22+/m1/s1. The minimum atomic E-state index is -4.96. The minimum absolute atomic E-state index is 0.00959. The number of sulfonamides is 1. The molecule has 1 aromatic heterocycles. The summed E-state index contributed by atoms with van der Waals surface area (Å²) in [5.41, 5.74) is -0.965. The van der Waals surface area contributed by atoms with Crippen molar-refractivity contribution in [1.29, 1.82) is 0 Å². The molecular formula is C31H29ClF4N2O8S. The quantitative estimate of drug-likeness (QED) is 0.129. The number of aromatic nitrogens is 1. The lowest BCUT2D eigenvalue weighted by atomic mass is 10.1. The van der Waals surface area contributed by atoms with Crippen molar-refractivity contribution in [3.05, 3.63) is 76.2 Å². The van der Waals surface area contributed by atoms with Crippen LogP contribution in [0.15, 0.2) is 53.6 Å². The maximum absolute atomic E-state index is 14.4. The third-order valence-electron chi connectivity index (χ3n) is 6.79. The van der Waals surface area contributed by atoms with Crippen LogP contribution in [0.3, 0.4) is 0 Å². The molecule has 0 unspecified atom stereocenters. The van der Waals surface area contributed by atoms with Crippen LogP contribution in [-0.4, -0.2) is 57.8 Å².